The van der Waals surface area contributed by atoms with Gasteiger partial charge in [-0.05, 0) is 87.5 Å². The molecule has 55 heavy (non-hydrogen) atoms. The summed E-state index contributed by atoms with van der Waals surface area (Å²) in [5.41, 5.74) is 6.50. The van der Waals surface area contributed by atoms with Gasteiger partial charge in [0.25, 0.3) is 0 Å². The molecule has 0 saturated heterocycles. The molecule has 6 rings (SSSR count). The summed E-state index contributed by atoms with van der Waals surface area (Å²) in [7, 11) is 0. The molecule has 0 saturated carbocycles. The molecule has 3 N–H and O–H groups in total. The number of hydrogen-bond donors (Lipinski definition) is 3. The molecule has 0 radical (unpaired) electrons. The molecule has 6 aromatic rings. The average molecular weight is 873 g/mol. The molecule has 10 heteroatoms. The normalized spacial score (nSPS) is 9.96. The number of carboxylic acid groups (broad SMARTS) is 1. The summed E-state index contributed by atoms with van der Waals surface area (Å²) in [6.07, 6.45) is 0.722. The fraction of sp³-hybridized carbons (Fsp3) is 0.133. The number of carbonyl (C=O) groups excluding carboxylic acids is 2. The molecular formula is C45H42Br2F2N2O4. The third kappa shape index (κ3) is 17.1. The van der Waals surface area contributed by atoms with Crippen LogP contribution in [0.2, 0.25) is 0 Å². The lowest BCUT2D eigenvalue weighted by molar-refractivity contribution is -0.136. The van der Waals surface area contributed by atoms with E-state index in [4.69, 9.17) is 5.11 Å². The largest absolute Gasteiger partial charge is 0.481 e. The van der Waals surface area contributed by atoms with Crippen LogP contribution in [0, 0.1) is 11.6 Å². The van der Waals surface area contributed by atoms with Crippen LogP contribution >= 0.6 is 31.9 Å². The summed E-state index contributed by atoms with van der Waals surface area (Å²) in [6, 6.07) is 45.3. The third-order valence-corrected chi connectivity index (χ3v) is 8.79. The molecule has 6 nitrogen and oxygen atoms in total. The maximum Gasteiger partial charge on any atom is 0.307 e. The van der Waals surface area contributed by atoms with E-state index in [0.29, 0.717) is 25.9 Å². The van der Waals surface area contributed by atoms with Crippen molar-refractivity contribution in [1.29, 1.82) is 0 Å². The monoisotopic (exact) mass is 870 g/mol. The third-order valence-electron chi connectivity index (χ3n) is 7.73. The Balaban J connectivity index is 0.000000234. The highest BCUT2D eigenvalue weighted by Crippen LogP contribution is 2.19. The van der Waals surface area contributed by atoms with Crippen molar-refractivity contribution in [2.45, 2.75) is 39.8 Å². The molecule has 0 atom stereocenters. The Morgan fingerprint density at radius 3 is 1.25 bits per heavy atom. The number of rotatable bonds is 11. The summed E-state index contributed by atoms with van der Waals surface area (Å²) in [5, 5.41) is 14.0. The Kier molecular flexibility index (Phi) is 18.7. The summed E-state index contributed by atoms with van der Waals surface area (Å²) in [4.78, 5) is 34.0. The molecule has 0 aromatic heterocycles. The molecule has 2 amide bonds. The molecule has 0 aliphatic carbocycles. The van der Waals surface area contributed by atoms with Crippen LogP contribution in [-0.2, 0) is 46.7 Å². The zero-order valence-corrected chi connectivity index (χ0v) is 32.3. The lowest BCUT2D eigenvalue weighted by atomic mass is 10.0. The van der Waals surface area contributed by atoms with E-state index in [-0.39, 0.29) is 37.3 Å². The smallest absolute Gasteiger partial charge is 0.307 e. The minimum atomic E-state index is -0.799. The predicted molar refractivity (Wildman–Crippen MR) is 222 cm³/mol. The van der Waals surface area contributed by atoms with Crippen molar-refractivity contribution < 1.29 is 28.3 Å². The molecule has 0 spiro atoms. The Hall–Kier alpha value is -5.45. The molecule has 0 bridgehead atoms. The van der Waals surface area contributed by atoms with Crippen molar-refractivity contribution >= 4 is 49.6 Å². The minimum Gasteiger partial charge on any atom is -0.481 e. The lowest BCUT2D eigenvalue weighted by Gasteiger charge is -2.07. The predicted octanol–water partition coefficient (Wildman–Crippen LogP) is 10.5. The number of carbonyl (C=O) groups is 3. The van der Waals surface area contributed by atoms with Gasteiger partial charge in [-0.3, -0.25) is 14.4 Å². The van der Waals surface area contributed by atoms with Gasteiger partial charge in [0.2, 0.25) is 11.8 Å². The topological polar surface area (TPSA) is 95.5 Å². The van der Waals surface area contributed by atoms with Crippen molar-refractivity contribution in [3.05, 3.63) is 200 Å². The van der Waals surface area contributed by atoms with Crippen LogP contribution in [0.15, 0.2) is 161 Å². The average Bonchev–Trinajstić information content (AvgIpc) is 3.16. The van der Waals surface area contributed by atoms with E-state index in [1.807, 2.05) is 78.9 Å². The lowest BCUT2D eigenvalue weighted by Crippen LogP contribution is -2.24. The molecule has 0 fully saturated rings. The van der Waals surface area contributed by atoms with Crippen molar-refractivity contribution in [2.75, 3.05) is 0 Å². The highest BCUT2D eigenvalue weighted by atomic mass is 79.9. The SMILES string of the molecule is C.O=C(Cc1ccc(-c2ccccc2)cc1)NCc1cccc(F)c1.O=C(Cc1ccc(Br)cc1)NCc1cccc(F)c1.O=C(O)Cc1ccc(Br)cc1. The Morgan fingerprint density at radius 1 is 0.473 bits per heavy atom. The first-order chi connectivity index (χ1) is 26.0. The van der Waals surface area contributed by atoms with E-state index in [9.17, 15) is 23.2 Å². The second kappa shape index (κ2) is 23.4. The van der Waals surface area contributed by atoms with E-state index < -0.39 is 5.97 Å². The standard InChI is InChI=1S/C21H18FNO.C15H13BrFNO.C8H7BrO2.CH4/c22-20-8-4-5-17(13-20)15-23-21(24)14-16-9-11-19(12-10-16)18-6-2-1-3-7-18;16-13-6-4-11(5-7-13)9-15(19)18-10-12-2-1-3-14(17)8-12;9-7-3-1-6(2-4-7)5-8(10)11;/h1-13H,14-15H2,(H,23,24);1-8H,9-10H2,(H,18,19);1-4H,5H2,(H,10,11);1H4. The molecule has 6 aromatic carbocycles. The Labute approximate surface area is 337 Å². The maximum atomic E-state index is 13.1. The van der Waals surface area contributed by atoms with Crippen molar-refractivity contribution in [1.82, 2.24) is 10.6 Å². The van der Waals surface area contributed by atoms with Crippen LogP contribution in [0.4, 0.5) is 8.78 Å². The Morgan fingerprint density at radius 2 is 0.855 bits per heavy atom. The fourth-order valence-corrected chi connectivity index (χ4v) is 5.54. The summed E-state index contributed by atoms with van der Waals surface area (Å²) in [6.45, 7) is 0.672. The minimum absolute atomic E-state index is 0. The van der Waals surface area contributed by atoms with E-state index in [2.05, 4.69) is 54.6 Å². The molecular weight excluding hydrogens is 830 g/mol. The van der Waals surface area contributed by atoms with Crippen LogP contribution in [0.5, 0.6) is 0 Å². The van der Waals surface area contributed by atoms with Gasteiger partial charge >= 0.3 is 5.97 Å². The van der Waals surface area contributed by atoms with Gasteiger partial charge in [-0.25, -0.2) is 8.78 Å². The first-order valence-electron chi connectivity index (χ1n) is 16.9. The first-order valence-corrected chi connectivity index (χ1v) is 18.5. The second-order valence-corrected chi connectivity index (χ2v) is 13.9. The van der Waals surface area contributed by atoms with Crippen LogP contribution in [0.25, 0.3) is 11.1 Å². The molecule has 284 valence electrons. The number of carboxylic acids is 1. The first kappa shape index (κ1) is 44.0. The van der Waals surface area contributed by atoms with Gasteiger partial charge in [0.1, 0.15) is 11.6 Å². The van der Waals surface area contributed by atoms with Gasteiger partial charge in [-0.2, -0.15) is 0 Å². The second-order valence-electron chi connectivity index (χ2n) is 12.1. The molecule has 0 unspecified atom stereocenters. The van der Waals surface area contributed by atoms with Gasteiger partial charge in [-0.1, -0.05) is 142 Å². The summed E-state index contributed by atoms with van der Waals surface area (Å²) in [5.74, 6) is -1.54. The highest BCUT2D eigenvalue weighted by molar-refractivity contribution is 9.10. The van der Waals surface area contributed by atoms with Gasteiger partial charge in [0, 0.05) is 22.0 Å². The van der Waals surface area contributed by atoms with Crippen molar-refractivity contribution in [3.8, 4) is 11.1 Å². The van der Waals surface area contributed by atoms with Crippen LogP contribution in [-0.4, -0.2) is 22.9 Å². The number of nitrogens with one attached hydrogen (secondary N) is 2. The van der Waals surface area contributed by atoms with Gasteiger partial charge in [-0.15, -0.1) is 0 Å². The number of halogens is 4. The van der Waals surface area contributed by atoms with E-state index in [1.54, 1.807) is 36.4 Å². The van der Waals surface area contributed by atoms with Crippen LogP contribution in [0.3, 0.4) is 0 Å². The van der Waals surface area contributed by atoms with Crippen LogP contribution < -0.4 is 10.6 Å². The van der Waals surface area contributed by atoms with Gasteiger partial charge in [0.05, 0.1) is 19.3 Å². The number of benzene rings is 6. The summed E-state index contributed by atoms with van der Waals surface area (Å²) < 4.78 is 28.0. The summed E-state index contributed by atoms with van der Waals surface area (Å²) >= 11 is 6.61. The fourth-order valence-electron chi connectivity index (χ4n) is 5.02. The molecule has 0 aliphatic heterocycles. The highest BCUT2D eigenvalue weighted by Gasteiger charge is 2.06. The van der Waals surface area contributed by atoms with E-state index in [1.165, 1.54) is 24.3 Å². The van der Waals surface area contributed by atoms with Crippen LogP contribution in [0.1, 0.15) is 35.2 Å². The number of amides is 2. The number of aliphatic carboxylic acids is 1. The molecule has 0 heterocycles. The van der Waals surface area contributed by atoms with Gasteiger partial charge in [0.15, 0.2) is 0 Å². The quantitative estimate of drug-likeness (QED) is 0.121. The zero-order chi connectivity index (χ0) is 38.7. The van der Waals surface area contributed by atoms with E-state index in [0.717, 1.165) is 47.9 Å². The zero-order valence-electron chi connectivity index (χ0n) is 29.2. The van der Waals surface area contributed by atoms with E-state index >= 15 is 0 Å². The van der Waals surface area contributed by atoms with Crippen molar-refractivity contribution in [3.63, 3.8) is 0 Å². The van der Waals surface area contributed by atoms with Gasteiger partial charge < -0.3 is 15.7 Å². The Bertz CT molecular complexity index is 2100. The van der Waals surface area contributed by atoms with Crippen molar-refractivity contribution in [2.24, 2.45) is 0 Å². The molecule has 0 aliphatic rings. The maximum absolute atomic E-state index is 13.1. The number of hydrogen-bond acceptors (Lipinski definition) is 3.